The Morgan fingerprint density at radius 3 is 2.40 bits per heavy atom. The fourth-order valence-corrected chi connectivity index (χ4v) is 0.449. The molecule has 0 spiro atoms. The molecular formula is C4H4F3NOS. The number of carbonyl (C=O) groups excluding carboxylic acids is 1. The summed E-state index contributed by atoms with van der Waals surface area (Å²) in [5.74, 6) is -0.859. The van der Waals surface area contributed by atoms with Crippen molar-refractivity contribution in [3.05, 3.63) is 12.7 Å². The van der Waals surface area contributed by atoms with Gasteiger partial charge in [-0.15, -0.1) is 0 Å². The second-order valence-corrected chi connectivity index (χ2v) is 2.09. The summed E-state index contributed by atoms with van der Waals surface area (Å²) in [5, 5.41) is 0. The lowest BCUT2D eigenvalue weighted by atomic mass is 10.6. The maximum absolute atomic E-state index is 11.3. The zero-order chi connectivity index (χ0) is 8.20. The zero-order valence-corrected chi connectivity index (χ0v) is 5.55. The predicted octanol–water partition coefficient (Wildman–Crippen LogP) is 1.46. The van der Waals surface area contributed by atoms with Gasteiger partial charge in [0, 0.05) is 0 Å². The van der Waals surface area contributed by atoms with Crippen molar-refractivity contribution in [2.24, 2.45) is 0 Å². The van der Waals surface area contributed by atoms with E-state index in [0.29, 0.717) is 0 Å². The van der Waals surface area contributed by atoms with Crippen LogP contribution in [0.25, 0.3) is 0 Å². The molecule has 6 heteroatoms. The van der Waals surface area contributed by atoms with Crippen LogP contribution in [-0.4, -0.2) is 11.4 Å². The molecule has 0 rings (SSSR count). The molecule has 0 unspecified atom stereocenters. The molecule has 0 aromatic carbocycles. The van der Waals surface area contributed by atoms with Crippen LogP contribution in [0.4, 0.5) is 13.2 Å². The first-order valence-electron chi connectivity index (χ1n) is 2.13. The van der Waals surface area contributed by atoms with Gasteiger partial charge in [-0.1, -0.05) is 6.58 Å². The van der Waals surface area contributed by atoms with Crippen LogP contribution in [0, 0.1) is 0 Å². The van der Waals surface area contributed by atoms with Gasteiger partial charge in [-0.2, -0.15) is 13.2 Å². The van der Waals surface area contributed by atoms with Crippen molar-refractivity contribution in [1.29, 1.82) is 0 Å². The van der Waals surface area contributed by atoms with E-state index in [1.54, 1.807) is 0 Å². The largest absolute Gasteiger partial charge is 0.461 e. The lowest BCUT2D eigenvalue weighted by molar-refractivity contribution is -0.115. The highest BCUT2D eigenvalue weighted by atomic mass is 32.2. The van der Waals surface area contributed by atoms with Crippen molar-refractivity contribution >= 4 is 17.9 Å². The average Bonchev–Trinajstić information content (AvgIpc) is 1.81. The van der Waals surface area contributed by atoms with E-state index in [9.17, 15) is 18.0 Å². The molecule has 10 heavy (non-hydrogen) atoms. The minimum atomic E-state index is -4.43. The molecule has 0 radical (unpaired) electrons. The topological polar surface area (TPSA) is 29.1 Å². The van der Waals surface area contributed by atoms with Crippen LogP contribution in [0.5, 0.6) is 0 Å². The van der Waals surface area contributed by atoms with Crippen molar-refractivity contribution in [2.45, 2.75) is 5.51 Å². The third-order valence-electron chi connectivity index (χ3n) is 0.453. The van der Waals surface area contributed by atoms with Gasteiger partial charge < -0.3 is 0 Å². The number of halogens is 3. The summed E-state index contributed by atoms with van der Waals surface area (Å²) in [7, 11) is 0. The smallest absolute Gasteiger partial charge is 0.289 e. The Morgan fingerprint density at radius 1 is 1.60 bits per heavy atom. The van der Waals surface area contributed by atoms with Crippen molar-refractivity contribution in [3.63, 3.8) is 0 Å². The molecule has 58 valence electrons. The summed E-state index contributed by atoms with van der Waals surface area (Å²) in [6, 6.07) is 0. The SMILES string of the molecule is C=CC(=O)NSC(F)(F)F. The highest BCUT2D eigenvalue weighted by Crippen LogP contribution is 2.26. The highest BCUT2D eigenvalue weighted by Gasteiger charge is 2.29. The van der Waals surface area contributed by atoms with Crippen LogP contribution < -0.4 is 4.72 Å². The van der Waals surface area contributed by atoms with Gasteiger partial charge in [0.25, 0.3) is 5.91 Å². The van der Waals surface area contributed by atoms with Gasteiger partial charge in [0.2, 0.25) is 0 Å². The van der Waals surface area contributed by atoms with Crippen LogP contribution in [0.3, 0.4) is 0 Å². The second-order valence-electron chi connectivity index (χ2n) is 1.22. The van der Waals surface area contributed by atoms with Crippen molar-refractivity contribution in [3.8, 4) is 0 Å². The minimum absolute atomic E-state index is 0.605. The molecule has 0 aliphatic rings. The normalized spacial score (nSPS) is 10.7. The molecule has 0 heterocycles. The lowest BCUT2D eigenvalue weighted by Gasteiger charge is -2.03. The van der Waals surface area contributed by atoms with E-state index >= 15 is 0 Å². The van der Waals surface area contributed by atoms with Gasteiger partial charge in [-0.25, -0.2) is 0 Å². The van der Waals surface area contributed by atoms with Crippen molar-refractivity contribution in [1.82, 2.24) is 4.72 Å². The first-order valence-corrected chi connectivity index (χ1v) is 2.94. The molecule has 0 aromatic rings. The van der Waals surface area contributed by atoms with Crippen LogP contribution in [0.15, 0.2) is 12.7 Å². The van der Waals surface area contributed by atoms with E-state index in [1.165, 1.54) is 4.72 Å². The molecule has 0 aromatic heterocycles. The summed E-state index contributed by atoms with van der Waals surface area (Å²) < 4.78 is 35.3. The predicted molar refractivity (Wildman–Crippen MR) is 32.0 cm³/mol. The van der Waals surface area contributed by atoms with Crippen LogP contribution in [0.1, 0.15) is 0 Å². The Kier molecular flexibility index (Phi) is 3.27. The third-order valence-corrected chi connectivity index (χ3v) is 0.987. The zero-order valence-electron chi connectivity index (χ0n) is 4.73. The molecule has 0 aliphatic carbocycles. The Bertz CT molecular complexity index is 144. The molecule has 0 bridgehead atoms. The number of nitrogens with one attached hydrogen (secondary N) is 1. The summed E-state index contributed by atoms with van der Waals surface area (Å²) >= 11 is -0.605. The molecule has 0 atom stereocenters. The number of rotatable bonds is 2. The Balaban J connectivity index is 3.55. The van der Waals surface area contributed by atoms with Crippen LogP contribution in [0.2, 0.25) is 0 Å². The third kappa shape index (κ3) is 5.49. The number of carbonyl (C=O) groups is 1. The van der Waals surface area contributed by atoms with Crippen LogP contribution in [-0.2, 0) is 4.79 Å². The molecule has 0 aliphatic heterocycles. The van der Waals surface area contributed by atoms with E-state index in [4.69, 9.17) is 0 Å². The van der Waals surface area contributed by atoms with Crippen LogP contribution >= 0.6 is 11.9 Å². The number of hydrogen-bond donors (Lipinski definition) is 1. The number of alkyl halides is 3. The van der Waals surface area contributed by atoms with Gasteiger partial charge in [-0.3, -0.25) is 9.52 Å². The van der Waals surface area contributed by atoms with E-state index in [2.05, 4.69) is 6.58 Å². The Morgan fingerprint density at radius 2 is 2.10 bits per heavy atom. The monoisotopic (exact) mass is 171 g/mol. The fourth-order valence-electron chi connectivity index (χ4n) is 0.150. The molecule has 0 fully saturated rings. The molecule has 1 N–H and O–H groups in total. The van der Waals surface area contributed by atoms with E-state index < -0.39 is 23.4 Å². The van der Waals surface area contributed by atoms with E-state index in [0.717, 1.165) is 6.08 Å². The standard InChI is InChI=1S/C4H4F3NOS/c1-2-3(9)8-10-4(5,6)7/h2H,1H2,(H,8,9). The molecule has 0 saturated heterocycles. The average molecular weight is 171 g/mol. The van der Waals surface area contributed by atoms with Gasteiger partial charge in [0.05, 0.1) is 11.9 Å². The summed E-state index contributed by atoms with van der Waals surface area (Å²) in [5.41, 5.74) is -4.43. The van der Waals surface area contributed by atoms with Crippen molar-refractivity contribution in [2.75, 3.05) is 0 Å². The highest BCUT2D eigenvalue weighted by molar-refractivity contribution is 7.98. The summed E-state index contributed by atoms with van der Waals surface area (Å²) in [4.78, 5) is 10.1. The van der Waals surface area contributed by atoms with Gasteiger partial charge >= 0.3 is 5.51 Å². The minimum Gasteiger partial charge on any atom is -0.289 e. The maximum atomic E-state index is 11.3. The van der Waals surface area contributed by atoms with Gasteiger partial charge in [0.1, 0.15) is 0 Å². The first-order chi connectivity index (χ1) is 4.45. The number of hydrogen-bond acceptors (Lipinski definition) is 2. The summed E-state index contributed by atoms with van der Waals surface area (Å²) in [6.07, 6.45) is 0.763. The van der Waals surface area contributed by atoms with Gasteiger partial charge in [-0.05, 0) is 6.08 Å². The fraction of sp³-hybridized carbons (Fsp3) is 0.250. The molecule has 0 saturated carbocycles. The number of amides is 1. The Hall–Kier alpha value is -0.650. The van der Waals surface area contributed by atoms with E-state index in [1.807, 2.05) is 0 Å². The molecular weight excluding hydrogens is 167 g/mol. The molecule has 1 amide bonds. The van der Waals surface area contributed by atoms with Crippen molar-refractivity contribution < 1.29 is 18.0 Å². The van der Waals surface area contributed by atoms with Gasteiger partial charge in [0.15, 0.2) is 0 Å². The maximum Gasteiger partial charge on any atom is 0.461 e. The Labute approximate surface area is 59.6 Å². The lowest BCUT2D eigenvalue weighted by Crippen LogP contribution is -2.18. The summed E-state index contributed by atoms with van der Waals surface area (Å²) in [6.45, 7) is 2.97. The molecule has 2 nitrogen and oxygen atoms in total. The quantitative estimate of drug-likeness (QED) is 0.503. The van der Waals surface area contributed by atoms with E-state index in [-0.39, 0.29) is 0 Å². The second kappa shape index (κ2) is 3.50. The first kappa shape index (κ1) is 9.35.